The Morgan fingerprint density at radius 1 is 1.78 bits per heavy atom. The van der Waals surface area contributed by atoms with Gasteiger partial charge in [-0.25, -0.2) is 0 Å². The van der Waals surface area contributed by atoms with Crippen LogP contribution < -0.4 is 5.32 Å². The van der Waals surface area contributed by atoms with Crippen molar-refractivity contribution in [3.05, 3.63) is 0 Å². The maximum atomic E-state index is 10.2. The van der Waals surface area contributed by atoms with Crippen molar-refractivity contribution >= 4 is 5.91 Å². The summed E-state index contributed by atoms with van der Waals surface area (Å²) < 4.78 is 0. The molecule has 2 nitrogen and oxygen atoms in total. The molecule has 0 aromatic rings. The van der Waals surface area contributed by atoms with Gasteiger partial charge in [0.05, 0.1) is 0 Å². The molecular weight excluding hydrogens is 114 g/mol. The van der Waals surface area contributed by atoms with Gasteiger partial charge in [0, 0.05) is 19.9 Å². The van der Waals surface area contributed by atoms with Crippen molar-refractivity contribution in [2.24, 2.45) is 0 Å². The van der Waals surface area contributed by atoms with Crippen LogP contribution in [0.4, 0.5) is 0 Å². The lowest BCUT2D eigenvalue weighted by atomic mass is 10.3. The number of nitrogens with one attached hydrogen (secondary N) is 1. The number of terminal acetylenes is 1. The van der Waals surface area contributed by atoms with Crippen LogP contribution in [0, 0.1) is 12.3 Å². The zero-order valence-corrected chi connectivity index (χ0v) is 5.61. The van der Waals surface area contributed by atoms with Gasteiger partial charge < -0.3 is 5.32 Å². The Morgan fingerprint density at radius 3 is 2.89 bits per heavy atom. The van der Waals surface area contributed by atoms with Crippen molar-refractivity contribution < 1.29 is 4.79 Å². The summed E-state index contributed by atoms with van der Waals surface area (Å²) in [5.74, 6) is 2.50. The second kappa shape index (κ2) is 5.17. The Hall–Kier alpha value is -0.970. The topological polar surface area (TPSA) is 29.1 Å². The maximum Gasteiger partial charge on any atom is 0.216 e. The predicted octanol–water partition coefficient (Wildman–Crippen LogP) is 0.536. The maximum absolute atomic E-state index is 10.2. The fraction of sp³-hybridized carbons (Fsp3) is 0.571. The zero-order chi connectivity index (χ0) is 7.11. The SMILES string of the molecule is C#CCCCNC(C)=O. The number of hydrogen-bond acceptors (Lipinski definition) is 1. The third-order valence-electron chi connectivity index (χ3n) is 0.872. The van der Waals surface area contributed by atoms with Crippen molar-refractivity contribution in [3.8, 4) is 12.3 Å². The van der Waals surface area contributed by atoms with Crippen LogP contribution in [0.25, 0.3) is 0 Å². The fourth-order valence-corrected chi connectivity index (χ4v) is 0.455. The van der Waals surface area contributed by atoms with E-state index in [9.17, 15) is 4.79 Å². The van der Waals surface area contributed by atoms with E-state index in [1.165, 1.54) is 6.92 Å². The molecule has 0 atom stereocenters. The minimum Gasteiger partial charge on any atom is -0.356 e. The van der Waals surface area contributed by atoms with Crippen LogP contribution in [0.3, 0.4) is 0 Å². The van der Waals surface area contributed by atoms with Crippen molar-refractivity contribution in [1.29, 1.82) is 0 Å². The number of hydrogen-bond donors (Lipinski definition) is 1. The highest BCUT2D eigenvalue weighted by Crippen LogP contribution is 1.81. The standard InChI is InChI=1S/C7H11NO/c1-3-4-5-6-8-7(2)9/h1H,4-6H2,2H3,(H,8,9). The summed E-state index contributed by atoms with van der Waals surface area (Å²) in [4.78, 5) is 10.2. The predicted molar refractivity (Wildman–Crippen MR) is 36.8 cm³/mol. The van der Waals surface area contributed by atoms with Gasteiger partial charge in [-0.15, -0.1) is 12.3 Å². The summed E-state index contributed by atoms with van der Waals surface area (Å²) in [5, 5.41) is 2.65. The Kier molecular flexibility index (Phi) is 4.61. The Morgan fingerprint density at radius 2 is 2.44 bits per heavy atom. The van der Waals surface area contributed by atoms with Gasteiger partial charge in [-0.05, 0) is 6.42 Å². The molecule has 2 heteroatoms. The van der Waals surface area contributed by atoms with Crippen LogP contribution in [0.15, 0.2) is 0 Å². The van der Waals surface area contributed by atoms with Crippen molar-refractivity contribution in [3.63, 3.8) is 0 Å². The van der Waals surface area contributed by atoms with Crippen molar-refractivity contribution in [2.45, 2.75) is 19.8 Å². The minimum absolute atomic E-state index is 0.00650. The van der Waals surface area contributed by atoms with Gasteiger partial charge in [-0.1, -0.05) is 0 Å². The average molecular weight is 125 g/mol. The van der Waals surface area contributed by atoms with E-state index in [1.54, 1.807) is 0 Å². The second-order valence-electron chi connectivity index (χ2n) is 1.79. The molecule has 0 saturated heterocycles. The van der Waals surface area contributed by atoms with Crippen LogP contribution in [-0.4, -0.2) is 12.5 Å². The Bertz CT molecular complexity index is 123. The molecule has 50 valence electrons. The molecule has 0 radical (unpaired) electrons. The first-order valence-corrected chi connectivity index (χ1v) is 2.95. The number of carbonyl (C=O) groups excluding carboxylic acids is 1. The lowest BCUT2D eigenvalue weighted by Crippen LogP contribution is -2.20. The van der Waals surface area contributed by atoms with Gasteiger partial charge in [0.1, 0.15) is 0 Å². The summed E-state index contributed by atoms with van der Waals surface area (Å²) in [6.45, 7) is 2.19. The third kappa shape index (κ3) is 7.03. The monoisotopic (exact) mass is 125 g/mol. The number of rotatable bonds is 3. The molecule has 0 bridgehead atoms. The van der Waals surface area contributed by atoms with Gasteiger partial charge in [0.15, 0.2) is 0 Å². The third-order valence-corrected chi connectivity index (χ3v) is 0.872. The molecule has 1 amide bonds. The molecule has 0 aromatic carbocycles. The molecule has 0 rings (SSSR count). The van der Waals surface area contributed by atoms with E-state index in [2.05, 4.69) is 11.2 Å². The summed E-state index contributed by atoms with van der Waals surface area (Å²) in [7, 11) is 0. The van der Waals surface area contributed by atoms with E-state index >= 15 is 0 Å². The average Bonchev–Trinajstić information content (AvgIpc) is 1.80. The molecule has 0 fully saturated rings. The largest absolute Gasteiger partial charge is 0.356 e. The number of unbranched alkanes of at least 4 members (excludes halogenated alkanes) is 1. The van der Waals surface area contributed by atoms with E-state index in [0.717, 1.165) is 12.8 Å². The molecule has 9 heavy (non-hydrogen) atoms. The van der Waals surface area contributed by atoms with Crippen LogP contribution in [0.2, 0.25) is 0 Å². The lowest BCUT2D eigenvalue weighted by Gasteiger charge is -1.96. The van der Waals surface area contributed by atoms with Crippen molar-refractivity contribution in [1.82, 2.24) is 5.32 Å². The fourth-order valence-electron chi connectivity index (χ4n) is 0.455. The van der Waals surface area contributed by atoms with Crippen LogP contribution in [0.1, 0.15) is 19.8 Å². The summed E-state index contributed by atoms with van der Waals surface area (Å²) in [6.07, 6.45) is 6.59. The first-order valence-electron chi connectivity index (χ1n) is 2.95. The molecule has 0 saturated carbocycles. The highest BCUT2D eigenvalue weighted by Gasteiger charge is 1.86. The molecule has 0 aromatic heterocycles. The highest BCUT2D eigenvalue weighted by atomic mass is 16.1. The first-order chi connectivity index (χ1) is 4.27. The summed E-state index contributed by atoms with van der Waals surface area (Å²) in [5.41, 5.74) is 0. The van der Waals surface area contributed by atoms with Gasteiger partial charge in [0.2, 0.25) is 5.91 Å². The van der Waals surface area contributed by atoms with Crippen molar-refractivity contribution in [2.75, 3.05) is 6.54 Å². The normalized spacial score (nSPS) is 8.00. The van der Waals surface area contributed by atoms with E-state index in [0.29, 0.717) is 6.54 Å². The molecule has 0 heterocycles. The quantitative estimate of drug-likeness (QED) is 0.433. The highest BCUT2D eigenvalue weighted by molar-refractivity contribution is 5.72. The van der Waals surface area contributed by atoms with Gasteiger partial charge in [-0.3, -0.25) is 4.79 Å². The molecule has 0 aliphatic carbocycles. The van der Waals surface area contributed by atoms with Crippen LogP contribution in [-0.2, 0) is 4.79 Å². The van der Waals surface area contributed by atoms with Crippen LogP contribution >= 0.6 is 0 Å². The smallest absolute Gasteiger partial charge is 0.216 e. The molecular formula is C7H11NO. The van der Waals surface area contributed by atoms with Gasteiger partial charge >= 0.3 is 0 Å². The molecule has 0 unspecified atom stereocenters. The van der Waals surface area contributed by atoms with Gasteiger partial charge in [0.25, 0.3) is 0 Å². The lowest BCUT2D eigenvalue weighted by molar-refractivity contribution is -0.118. The zero-order valence-electron chi connectivity index (χ0n) is 5.61. The first kappa shape index (κ1) is 8.03. The molecule has 0 aliphatic rings. The molecule has 0 spiro atoms. The van der Waals surface area contributed by atoms with E-state index in [-0.39, 0.29) is 5.91 Å². The summed E-state index contributed by atoms with van der Waals surface area (Å²) >= 11 is 0. The summed E-state index contributed by atoms with van der Waals surface area (Å²) in [6, 6.07) is 0. The Labute approximate surface area is 55.6 Å². The van der Waals surface area contributed by atoms with Gasteiger partial charge in [-0.2, -0.15) is 0 Å². The number of carbonyl (C=O) groups is 1. The molecule has 0 aliphatic heterocycles. The number of amides is 1. The molecule has 1 N–H and O–H groups in total. The van der Waals surface area contributed by atoms with E-state index < -0.39 is 0 Å². The van der Waals surface area contributed by atoms with Crippen LogP contribution in [0.5, 0.6) is 0 Å². The van der Waals surface area contributed by atoms with E-state index in [4.69, 9.17) is 6.42 Å². The van der Waals surface area contributed by atoms with E-state index in [1.807, 2.05) is 0 Å². The minimum atomic E-state index is 0.00650. The second-order valence-corrected chi connectivity index (χ2v) is 1.79. The Balaban J connectivity index is 2.94.